The van der Waals surface area contributed by atoms with Crippen molar-refractivity contribution in [3.8, 4) is 0 Å². The number of hydrogen-bond acceptors (Lipinski definition) is 3. The first-order valence-corrected chi connectivity index (χ1v) is 10.0. The molecule has 1 atom stereocenters. The van der Waals surface area contributed by atoms with Crippen molar-refractivity contribution in [3.05, 3.63) is 108 Å². The van der Waals surface area contributed by atoms with Crippen molar-refractivity contribution < 1.29 is 14.6 Å². The van der Waals surface area contributed by atoms with Crippen molar-refractivity contribution in [2.45, 2.75) is 31.1 Å². The molecule has 0 unspecified atom stereocenters. The summed E-state index contributed by atoms with van der Waals surface area (Å²) in [6, 6.07) is 28.4. The van der Waals surface area contributed by atoms with Crippen LogP contribution in [0.15, 0.2) is 91.0 Å². The maximum atomic E-state index is 12.9. The van der Waals surface area contributed by atoms with Gasteiger partial charge < -0.3 is 14.7 Å². The summed E-state index contributed by atoms with van der Waals surface area (Å²) in [5, 5.41) is 12.0. The molecule has 1 fully saturated rings. The predicted octanol–water partition coefficient (Wildman–Crippen LogP) is 4.72. The number of nitrogens with zero attached hydrogens (tertiary/aromatic N) is 1. The van der Waals surface area contributed by atoms with E-state index in [1.165, 1.54) is 0 Å². The van der Waals surface area contributed by atoms with Crippen LogP contribution in [-0.4, -0.2) is 28.7 Å². The molecule has 0 radical (unpaired) electrons. The molecule has 0 spiro atoms. The summed E-state index contributed by atoms with van der Waals surface area (Å²) in [5.41, 5.74) is 1.20. The van der Waals surface area contributed by atoms with Gasteiger partial charge >= 0.3 is 6.09 Å². The third-order valence-corrected chi connectivity index (χ3v) is 5.60. The summed E-state index contributed by atoms with van der Waals surface area (Å²) in [7, 11) is 0. The standard InChI is InChI=1S/C25H25NO3/c27-24(29-19-20-11-4-1-5-12-20)26-18-10-17-23(26)25(28,21-13-6-2-7-14-21)22-15-8-3-9-16-22/h1-9,11-16,23,28H,10,17-19H2/t23-/m0/s1. The smallest absolute Gasteiger partial charge is 0.410 e. The molecule has 3 aromatic rings. The van der Waals surface area contributed by atoms with Gasteiger partial charge in [0.05, 0.1) is 6.04 Å². The van der Waals surface area contributed by atoms with Crippen LogP contribution in [0.4, 0.5) is 4.79 Å². The largest absolute Gasteiger partial charge is 0.445 e. The van der Waals surface area contributed by atoms with Crippen LogP contribution in [0.3, 0.4) is 0 Å². The summed E-state index contributed by atoms with van der Waals surface area (Å²) >= 11 is 0. The Balaban J connectivity index is 1.62. The van der Waals surface area contributed by atoms with E-state index in [-0.39, 0.29) is 12.7 Å². The number of aliphatic hydroxyl groups is 1. The Hall–Kier alpha value is -3.11. The quantitative estimate of drug-likeness (QED) is 0.689. The molecule has 1 N–H and O–H groups in total. The monoisotopic (exact) mass is 387 g/mol. The topological polar surface area (TPSA) is 49.8 Å². The number of hydrogen-bond donors (Lipinski definition) is 1. The molecular weight excluding hydrogens is 362 g/mol. The highest BCUT2D eigenvalue weighted by molar-refractivity contribution is 5.69. The highest BCUT2D eigenvalue weighted by atomic mass is 16.6. The fourth-order valence-corrected chi connectivity index (χ4v) is 4.16. The normalized spacial score (nSPS) is 16.6. The Morgan fingerprint density at radius 3 is 1.97 bits per heavy atom. The molecule has 0 aliphatic carbocycles. The van der Waals surface area contributed by atoms with Crippen LogP contribution in [0.25, 0.3) is 0 Å². The minimum Gasteiger partial charge on any atom is -0.445 e. The number of ether oxygens (including phenoxy) is 1. The van der Waals surface area contributed by atoms with Crippen LogP contribution in [0.1, 0.15) is 29.5 Å². The molecule has 4 nitrogen and oxygen atoms in total. The first-order chi connectivity index (χ1) is 14.2. The molecule has 4 heteroatoms. The lowest BCUT2D eigenvalue weighted by Crippen LogP contribution is -2.50. The maximum absolute atomic E-state index is 12.9. The molecule has 0 aromatic heterocycles. The number of amides is 1. The summed E-state index contributed by atoms with van der Waals surface area (Å²) in [6.45, 7) is 0.790. The van der Waals surface area contributed by atoms with E-state index in [1.807, 2.05) is 91.0 Å². The predicted molar refractivity (Wildman–Crippen MR) is 112 cm³/mol. The van der Waals surface area contributed by atoms with E-state index in [4.69, 9.17) is 4.74 Å². The maximum Gasteiger partial charge on any atom is 0.410 e. The average molecular weight is 387 g/mol. The van der Waals surface area contributed by atoms with Gasteiger partial charge in [-0.25, -0.2) is 4.79 Å². The molecule has 1 amide bonds. The number of carbonyl (C=O) groups is 1. The first-order valence-electron chi connectivity index (χ1n) is 10.0. The molecule has 1 aliphatic heterocycles. The van der Waals surface area contributed by atoms with Crippen LogP contribution in [0.2, 0.25) is 0 Å². The van der Waals surface area contributed by atoms with E-state index in [0.717, 1.165) is 23.1 Å². The van der Waals surface area contributed by atoms with Crippen molar-refractivity contribution in [2.24, 2.45) is 0 Å². The second-order valence-corrected chi connectivity index (χ2v) is 7.39. The number of carbonyl (C=O) groups excluding carboxylic acids is 1. The molecule has 4 rings (SSSR count). The third-order valence-electron chi connectivity index (χ3n) is 5.60. The SMILES string of the molecule is O=C(OCc1ccccc1)N1CCC[C@H]1C(O)(c1ccccc1)c1ccccc1. The molecule has 1 heterocycles. The van der Waals surface area contributed by atoms with Gasteiger partial charge in [0.1, 0.15) is 12.2 Å². The summed E-state index contributed by atoms with van der Waals surface area (Å²) in [6.07, 6.45) is 1.15. The zero-order valence-electron chi connectivity index (χ0n) is 16.3. The van der Waals surface area contributed by atoms with E-state index in [2.05, 4.69) is 0 Å². The number of likely N-dealkylation sites (tertiary alicyclic amines) is 1. The highest BCUT2D eigenvalue weighted by Crippen LogP contribution is 2.40. The third kappa shape index (κ3) is 3.89. The van der Waals surface area contributed by atoms with E-state index in [0.29, 0.717) is 13.0 Å². The zero-order valence-corrected chi connectivity index (χ0v) is 16.3. The van der Waals surface area contributed by atoms with Gasteiger partial charge in [-0.3, -0.25) is 0 Å². The molecule has 148 valence electrons. The minimum atomic E-state index is -1.30. The van der Waals surface area contributed by atoms with E-state index in [1.54, 1.807) is 4.90 Å². The second-order valence-electron chi connectivity index (χ2n) is 7.39. The Morgan fingerprint density at radius 2 is 1.41 bits per heavy atom. The van der Waals surface area contributed by atoms with Crippen molar-refractivity contribution in [2.75, 3.05) is 6.54 Å². The Labute approximate surface area is 171 Å². The fourth-order valence-electron chi connectivity index (χ4n) is 4.16. The Morgan fingerprint density at radius 1 is 0.897 bits per heavy atom. The van der Waals surface area contributed by atoms with Gasteiger partial charge in [0.2, 0.25) is 0 Å². The highest BCUT2D eigenvalue weighted by Gasteiger charge is 2.47. The van der Waals surface area contributed by atoms with Crippen LogP contribution >= 0.6 is 0 Å². The molecular formula is C25H25NO3. The molecule has 1 aliphatic rings. The van der Waals surface area contributed by atoms with Crippen LogP contribution in [0, 0.1) is 0 Å². The first kappa shape index (κ1) is 19.2. The van der Waals surface area contributed by atoms with Gasteiger partial charge in [-0.05, 0) is 29.5 Å². The molecule has 29 heavy (non-hydrogen) atoms. The van der Waals surface area contributed by atoms with Crippen LogP contribution in [0.5, 0.6) is 0 Å². The van der Waals surface area contributed by atoms with Crippen molar-refractivity contribution >= 4 is 6.09 Å². The van der Waals surface area contributed by atoms with Gasteiger partial charge in [0.15, 0.2) is 0 Å². The number of rotatable bonds is 5. The van der Waals surface area contributed by atoms with Gasteiger partial charge in [-0.2, -0.15) is 0 Å². The molecule has 0 saturated carbocycles. The second kappa shape index (κ2) is 8.50. The van der Waals surface area contributed by atoms with Crippen LogP contribution in [-0.2, 0) is 16.9 Å². The lowest BCUT2D eigenvalue weighted by atomic mass is 9.79. The Bertz CT molecular complexity index is 889. The lowest BCUT2D eigenvalue weighted by molar-refractivity contribution is -0.00677. The van der Waals surface area contributed by atoms with Gasteiger partial charge in [0.25, 0.3) is 0 Å². The van der Waals surface area contributed by atoms with Crippen molar-refractivity contribution in [3.63, 3.8) is 0 Å². The minimum absolute atomic E-state index is 0.220. The zero-order chi connectivity index (χ0) is 20.1. The van der Waals surface area contributed by atoms with E-state index in [9.17, 15) is 9.90 Å². The van der Waals surface area contributed by atoms with Gasteiger partial charge in [-0.15, -0.1) is 0 Å². The fraction of sp³-hybridized carbons (Fsp3) is 0.240. The summed E-state index contributed by atoms with van der Waals surface area (Å²) in [5.74, 6) is 0. The molecule has 3 aromatic carbocycles. The van der Waals surface area contributed by atoms with Gasteiger partial charge in [0, 0.05) is 6.54 Å². The number of benzene rings is 3. The lowest BCUT2D eigenvalue weighted by Gasteiger charge is -2.39. The Kier molecular flexibility index (Phi) is 5.63. The summed E-state index contributed by atoms with van der Waals surface area (Å²) in [4.78, 5) is 14.6. The van der Waals surface area contributed by atoms with E-state index >= 15 is 0 Å². The average Bonchev–Trinajstić information content (AvgIpc) is 3.29. The van der Waals surface area contributed by atoms with E-state index < -0.39 is 11.6 Å². The van der Waals surface area contributed by atoms with Crippen LogP contribution < -0.4 is 0 Å². The summed E-state index contributed by atoms with van der Waals surface area (Å²) < 4.78 is 5.59. The van der Waals surface area contributed by atoms with Crippen molar-refractivity contribution in [1.29, 1.82) is 0 Å². The van der Waals surface area contributed by atoms with Crippen molar-refractivity contribution in [1.82, 2.24) is 4.90 Å². The molecule has 0 bridgehead atoms. The molecule has 1 saturated heterocycles. The van der Waals surface area contributed by atoms with Gasteiger partial charge in [-0.1, -0.05) is 91.0 Å².